The van der Waals surface area contributed by atoms with Crippen LogP contribution in [0.2, 0.25) is 0 Å². The summed E-state index contributed by atoms with van der Waals surface area (Å²) in [5.74, 6) is 0.853. The lowest BCUT2D eigenvalue weighted by Crippen LogP contribution is -2.00. The molecule has 1 aliphatic rings. The molecule has 0 aliphatic carbocycles. The fourth-order valence-corrected chi connectivity index (χ4v) is 2.90. The largest absolute Gasteiger partial charge is 0.493 e. The first-order valence-electron chi connectivity index (χ1n) is 5.60. The number of para-hydroxylation sites is 1. The monoisotopic (exact) mass is 247 g/mol. The zero-order valence-electron chi connectivity index (χ0n) is 9.51. The van der Waals surface area contributed by atoms with Crippen LogP contribution >= 0.6 is 11.3 Å². The van der Waals surface area contributed by atoms with Gasteiger partial charge in [-0.2, -0.15) is 0 Å². The van der Waals surface area contributed by atoms with Gasteiger partial charge < -0.3 is 9.84 Å². The number of aromatic nitrogens is 1. The average Bonchev–Trinajstić information content (AvgIpc) is 2.95. The number of hydrogen-bond acceptors (Lipinski definition) is 4. The van der Waals surface area contributed by atoms with Crippen molar-refractivity contribution < 1.29 is 9.84 Å². The van der Waals surface area contributed by atoms with Gasteiger partial charge in [0.2, 0.25) is 0 Å². The molecule has 1 aliphatic heterocycles. The summed E-state index contributed by atoms with van der Waals surface area (Å²) in [5.41, 5.74) is 2.03. The van der Waals surface area contributed by atoms with Crippen LogP contribution in [0.1, 0.15) is 27.1 Å². The van der Waals surface area contributed by atoms with Crippen LogP contribution in [-0.4, -0.2) is 16.7 Å². The number of fused-ring (bicyclic) bond motifs is 1. The van der Waals surface area contributed by atoms with Crippen LogP contribution in [0.5, 0.6) is 5.75 Å². The van der Waals surface area contributed by atoms with E-state index in [-0.39, 0.29) is 0 Å². The summed E-state index contributed by atoms with van der Waals surface area (Å²) in [7, 11) is 0. The van der Waals surface area contributed by atoms with Crippen molar-refractivity contribution in [3.8, 4) is 5.75 Å². The predicted octanol–water partition coefficient (Wildman–Crippen LogP) is 2.47. The topological polar surface area (TPSA) is 42.4 Å². The van der Waals surface area contributed by atoms with Gasteiger partial charge in [0, 0.05) is 18.2 Å². The van der Waals surface area contributed by atoms with Crippen molar-refractivity contribution in [3.05, 3.63) is 45.4 Å². The zero-order chi connectivity index (χ0) is 11.8. The number of thiazole rings is 1. The second kappa shape index (κ2) is 4.13. The summed E-state index contributed by atoms with van der Waals surface area (Å²) < 4.78 is 5.60. The van der Waals surface area contributed by atoms with Crippen LogP contribution in [0.15, 0.2) is 24.4 Å². The van der Waals surface area contributed by atoms with Crippen molar-refractivity contribution in [2.24, 2.45) is 0 Å². The molecule has 0 bridgehead atoms. The molecule has 2 heterocycles. The predicted molar refractivity (Wildman–Crippen MR) is 66.6 cm³/mol. The molecule has 4 heteroatoms. The Labute approximate surface area is 104 Å². The maximum Gasteiger partial charge on any atom is 0.128 e. The maximum absolute atomic E-state index is 10.4. The van der Waals surface area contributed by atoms with Crippen molar-refractivity contribution >= 4 is 11.3 Å². The van der Waals surface area contributed by atoms with Crippen molar-refractivity contribution in [2.75, 3.05) is 6.61 Å². The number of hydrogen-bond donors (Lipinski definition) is 1. The fourth-order valence-electron chi connectivity index (χ4n) is 2.11. The van der Waals surface area contributed by atoms with Gasteiger partial charge in [0.1, 0.15) is 11.9 Å². The highest BCUT2D eigenvalue weighted by Gasteiger charge is 2.22. The summed E-state index contributed by atoms with van der Waals surface area (Å²) in [6.45, 7) is 2.65. The Kier molecular flexibility index (Phi) is 2.61. The Balaban J connectivity index is 2.02. The second-order valence-electron chi connectivity index (χ2n) is 4.12. The highest BCUT2D eigenvalue weighted by atomic mass is 32.1. The van der Waals surface area contributed by atoms with Crippen LogP contribution in [0.4, 0.5) is 0 Å². The van der Waals surface area contributed by atoms with E-state index in [2.05, 4.69) is 11.1 Å². The summed E-state index contributed by atoms with van der Waals surface area (Å²) in [5, 5.41) is 11.3. The molecule has 1 aromatic carbocycles. The van der Waals surface area contributed by atoms with Crippen LogP contribution < -0.4 is 4.74 Å². The minimum absolute atomic E-state index is 0.630. The third-order valence-corrected chi connectivity index (χ3v) is 3.91. The molecule has 0 fully saturated rings. The van der Waals surface area contributed by atoms with Gasteiger partial charge in [-0.1, -0.05) is 18.2 Å². The van der Waals surface area contributed by atoms with Crippen LogP contribution in [0.25, 0.3) is 0 Å². The smallest absolute Gasteiger partial charge is 0.128 e. The van der Waals surface area contributed by atoms with E-state index >= 15 is 0 Å². The van der Waals surface area contributed by atoms with Crippen molar-refractivity contribution in [3.63, 3.8) is 0 Å². The van der Waals surface area contributed by atoms with Gasteiger partial charge in [0.15, 0.2) is 0 Å². The van der Waals surface area contributed by atoms with Gasteiger partial charge in [-0.3, -0.25) is 0 Å². The summed E-state index contributed by atoms with van der Waals surface area (Å²) in [6.07, 6.45) is 2.03. The lowest BCUT2D eigenvalue weighted by atomic mass is 10.0. The molecule has 1 unspecified atom stereocenters. The first-order chi connectivity index (χ1) is 8.25. The van der Waals surface area contributed by atoms with Crippen molar-refractivity contribution in [2.45, 2.75) is 19.4 Å². The lowest BCUT2D eigenvalue weighted by Gasteiger charge is -2.12. The lowest BCUT2D eigenvalue weighted by molar-refractivity contribution is 0.217. The van der Waals surface area contributed by atoms with E-state index in [0.29, 0.717) is 6.61 Å². The molecule has 0 amide bonds. The molecule has 0 radical (unpaired) electrons. The highest BCUT2D eigenvalue weighted by molar-refractivity contribution is 7.11. The molecule has 1 N–H and O–H groups in total. The van der Waals surface area contributed by atoms with Gasteiger partial charge in [-0.05, 0) is 12.5 Å². The summed E-state index contributed by atoms with van der Waals surface area (Å²) in [6, 6.07) is 5.94. The van der Waals surface area contributed by atoms with Crippen LogP contribution in [0, 0.1) is 6.92 Å². The third kappa shape index (κ3) is 1.83. The van der Waals surface area contributed by atoms with E-state index < -0.39 is 6.10 Å². The summed E-state index contributed by atoms with van der Waals surface area (Å²) >= 11 is 1.52. The van der Waals surface area contributed by atoms with E-state index in [1.807, 2.05) is 19.1 Å². The van der Waals surface area contributed by atoms with Crippen molar-refractivity contribution in [1.29, 1.82) is 0 Å². The Morgan fingerprint density at radius 3 is 3.12 bits per heavy atom. The molecule has 0 spiro atoms. The van der Waals surface area contributed by atoms with E-state index in [1.54, 1.807) is 6.20 Å². The highest BCUT2D eigenvalue weighted by Crippen LogP contribution is 2.37. The molecule has 3 rings (SSSR count). The van der Waals surface area contributed by atoms with Crippen LogP contribution in [-0.2, 0) is 6.42 Å². The molecule has 2 aromatic rings. The van der Waals surface area contributed by atoms with Gasteiger partial charge in [0.05, 0.1) is 16.5 Å². The Bertz CT molecular complexity index is 550. The zero-order valence-corrected chi connectivity index (χ0v) is 10.3. The number of benzene rings is 1. The first kappa shape index (κ1) is 10.7. The third-order valence-electron chi connectivity index (χ3n) is 2.95. The van der Waals surface area contributed by atoms with Gasteiger partial charge in [0.25, 0.3) is 0 Å². The molecule has 0 saturated heterocycles. The van der Waals surface area contributed by atoms with Gasteiger partial charge >= 0.3 is 0 Å². The molecule has 1 atom stereocenters. The molecular formula is C13H13NO2S. The molecule has 1 aromatic heterocycles. The maximum atomic E-state index is 10.4. The molecular weight excluding hydrogens is 234 g/mol. The average molecular weight is 247 g/mol. The van der Waals surface area contributed by atoms with E-state index in [0.717, 1.165) is 27.6 Å². The fraction of sp³-hybridized carbons (Fsp3) is 0.308. The number of aliphatic hydroxyl groups is 1. The van der Waals surface area contributed by atoms with Crippen molar-refractivity contribution in [1.82, 2.24) is 4.98 Å². The molecule has 3 nitrogen and oxygen atoms in total. The van der Waals surface area contributed by atoms with E-state index in [1.165, 1.54) is 16.9 Å². The normalized spacial score (nSPS) is 15.4. The SMILES string of the molecule is Cc1ncc(C(O)c2cccc3c2OCC3)s1. The van der Waals surface area contributed by atoms with Gasteiger partial charge in [-0.15, -0.1) is 11.3 Å². The first-order valence-corrected chi connectivity index (χ1v) is 6.42. The molecule has 0 saturated carbocycles. The van der Waals surface area contributed by atoms with Crippen LogP contribution in [0.3, 0.4) is 0 Å². The standard InChI is InChI=1S/C13H13NO2S/c1-8-14-7-11(17-8)12(15)10-4-2-3-9-5-6-16-13(9)10/h2-4,7,12,15H,5-6H2,1H3. The Hall–Kier alpha value is -1.39. The number of rotatable bonds is 2. The Morgan fingerprint density at radius 1 is 1.47 bits per heavy atom. The molecule has 17 heavy (non-hydrogen) atoms. The number of aliphatic hydroxyl groups excluding tert-OH is 1. The number of nitrogens with zero attached hydrogens (tertiary/aromatic N) is 1. The molecule has 88 valence electrons. The quantitative estimate of drug-likeness (QED) is 0.886. The number of aryl methyl sites for hydroxylation is 1. The van der Waals surface area contributed by atoms with E-state index in [9.17, 15) is 5.11 Å². The summed E-state index contributed by atoms with van der Waals surface area (Å²) in [4.78, 5) is 5.04. The van der Waals surface area contributed by atoms with E-state index in [4.69, 9.17) is 4.74 Å². The minimum atomic E-state index is -0.630. The number of ether oxygens (including phenoxy) is 1. The second-order valence-corrected chi connectivity index (χ2v) is 5.38. The minimum Gasteiger partial charge on any atom is -0.493 e. The van der Waals surface area contributed by atoms with Gasteiger partial charge in [-0.25, -0.2) is 4.98 Å². The Morgan fingerprint density at radius 2 is 2.35 bits per heavy atom.